The maximum absolute atomic E-state index is 11.1. The van der Waals surface area contributed by atoms with Crippen LogP contribution < -0.4 is 4.74 Å². The van der Waals surface area contributed by atoms with Gasteiger partial charge in [0.05, 0.1) is 0 Å². The first-order valence-corrected chi connectivity index (χ1v) is 5.85. The van der Waals surface area contributed by atoms with E-state index in [1.807, 2.05) is 19.1 Å². The zero-order valence-corrected chi connectivity index (χ0v) is 10.3. The van der Waals surface area contributed by atoms with Gasteiger partial charge in [-0.1, -0.05) is 32.9 Å². The Morgan fingerprint density at radius 2 is 1.88 bits per heavy atom. The maximum atomic E-state index is 11.1. The molecule has 0 radical (unpaired) electrons. The van der Waals surface area contributed by atoms with Gasteiger partial charge in [-0.2, -0.15) is 0 Å². The number of rotatable bonds is 6. The Kier molecular flexibility index (Phi) is 5.03. The van der Waals surface area contributed by atoms with Crippen LogP contribution in [0.1, 0.15) is 32.8 Å². The molecule has 1 aromatic carbocycles. The van der Waals surface area contributed by atoms with E-state index in [-0.39, 0.29) is 12.4 Å². The molecule has 0 bridgehead atoms. The van der Waals surface area contributed by atoms with E-state index in [0.717, 1.165) is 12.2 Å². The van der Waals surface area contributed by atoms with Gasteiger partial charge >= 0.3 is 0 Å². The number of hydrogen-bond acceptors (Lipinski definition) is 2. The van der Waals surface area contributed by atoms with E-state index in [0.29, 0.717) is 12.3 Å². The summed E-state index contributed by atoms with van der Waals surface area (Å²) in [5.41, 5.74) is 1.31. The normalized spacial score (nSPS) is 10.5. The van der Waals surface area contributed by atoms with Crippen LogP contribution >= 0.6 is 0 Å². The zero-order valence-electron chi connectivity index (χ0n) is 10.3. The second-order valence-electron chi connectivity index (χ2n) is 4.42. The maximum Gasteiger partial charge on any atom is 0.169 e. The van der Waals surface area contributed by atoms with Crippen LogP contribution in [0.3, 0.4) is 0 Å². The lowest BCUT2D eigenvalue weighted by atomic mass is 10.0. The van der Waals surface area contributed by atoms with Crippen LogP contribution in [0.4, 0.5) is 0 Å². The van der Waals surface area contributed by atoms with E-state index >= 15 is 0 Å². The molecule has 0 heterocycles. The van der Waals surface area contributed by atoms with Gasteiger partial charge in [-0.3, -0.25) is 4.79 Å². The summed E-state index contributed by atoms with van der Waals surface area (Å²) in [4.78, 5) is 11.1. The quantitative estimate of drug-likeness (QED) is 0.735. The minimum absolute atomic E-state index is 0.131. The van der Waals surface area contributed by atoms with Crippen molar-refractivity contribution in [1.29, 1.82) is 0 Å². The molecular formula is C14H20O2. The molecular weight excluding hydrogens is 200 g/mol. The second kappa shape index (κ2) is 6.31. The van der Waals surface area contributed by atoms with Gasteiger partial charge in [0.1, 0.15) is 12.4 Å². The molecule has 0 aromatic heterocycles. The highest BCUT2D eigenvalue weighted by atomic mass is 16.5. The predicted octanol–water partition coefficient (Wildman–Crippen LogP) is 3.24. The molecule has 0 aliphatic heterocycles. The fraction of sp³-hybridized carbons (Fsp3) is 0.500. The molecule has 2 heteroatoms. The van der Waals surface area contributed by atoms with Crippen LogP contribution in [0.15, 0.2) is 24.3 Å². The van der Waals surface area contributed by atoms with Crippen molar-refractivity contribution in [3.63, 3.8) is 0 Å². The van der Waals surface area contributed by atoms with Gasteiger partial charge in [-0.15, -0.1) is 0 Å². The molecule has 2 nitrogen and oxygen atoms in total. The average molecular weight is 220 g/mol. The summed E-state index contributed by atoms with van der Waals surface area (Å²) >= 11 is 0. The fourth-order valence-electron chi connectivity index (χ4n) is 1.46. The van der Waals surface area contributed by atoms with Gasteiger partial charge in [-0.05, 0) is 30.0 Å². The molecule has 0 saturated heterocycles. The standard InChI is InChI=1S/C14H20O2/c1-4-13(15)10-16-14-7-5-12(6-8-14)9-11(2)3/h5-8,11H,4,9-10H2,1-3H3. The van der Waals surface area contributed by atoms with Crippen molar-refractivity contribution < 1.29 is 9.53 Å². The minimum Gasteiger partial charge on any atom is -0.486 e. The van der Waals surface area contributed by atoms with Crippen LogP contribution in [-0.4, -0.2) is 12.4 Å². The summed E-state index contributed by atoms with van der Waals surface area (Å²) in [6, 6.07) is 7.98. The summed E-state index contributed by atoms with van der Waals surface area (Å²) in [6.07, 6.45) is 1.61. The summed E-state index contributed by atoms with van der Waals surface area (Å²) in [6.45, 7) is 6.42. The average Bonchev–Trinajstić information content (AvgIpc) is 2.27. The van der Waals surface area contributed by atoms with Crippen LogP contribution in [0.25, 0.3) is 0 Å². The van der Waals surface area contributed by atoms with E-state index in [4.69, 9.17) is 4.74 Å². The lowest BCUT2D eigenvalue weighted by molar-refractivity contribution is -0.120. The van der Waals surface area contributed by atoms with Crippen molar-refractivity contribution in [2.45, 2.75) is 33.6 Å². The number of carbonyl (C=O) groups is 1. The van der Waals surface area contributed by atoms with Crippen molar-refractivity contribution in [3.8, 4) is 5.75 Å². The van der Waals surface area contributed by atoms with Crippen molar-refractivity contribution in [2.75, 3.05) is 6.61 Å². The smallest absolute Gasteiger partial charge is 0.169 e. The Hall–Kier alpha value is -1.31. The molecule has 1 rings (SSSR count). The lowest BCUT2D eigenvalue weighted by Gasteiger charge is -2.07. The molecule has 0 atom stereocenters. The first-order valence-electron chi connectivity index (χ1n) is 5.85. The highest BCUT2D eigenvalue weighted by molar-refractivity contribution is 5.79. The van der Waals surface area contributed by atoms with E-state index in [1.165, 1.54) is 5.56 Å². The van der Waals surface area contributed by atoms with Crippen molar-refractivity contribution >= 4 is 5.78 Å². The van der Waals surface area contributed by atoms with Gasteiger partial charge in [0.15, 0.2) is 5.78 Å². The molecule has 0 N–H and O–H groups in total. The zero-order chi connectivity index (χ0) is 12.0. The third-order valence-corrected chi connectivity index (χ3v) is 2.36. The fourth-order valence-corrected chi connectivity index (χ4v) is 1.46. The van der Waals surface area contributed by atoms with Crippen molar-refractivity contribution in [2.24, 2.45) is 5.92 Å². The van der Waals surface area contributed by atoms with Gasteiger partial charge in [0.2, 0.25) is 0 Å². The predicted molar refractivity (Wildman–Crippen MR) is 65.8 cm³/mol. The monoisotopic (exact) mass is 220 g/mol. The van der Waals surface area contributed by atoms with Crippen LogP contribution in [-0.2, 0) is 11.2 Å². The van der Waals surface area contributed by atoms with Gasteiger partial charge in [0, 0.05) is 6.42 Å². The highest BCUT2D eigenvalue weighted by Crippen LogP contribution is 2.14. The van der Waals surface area contributed by atoms with Crippen molar-refractivity contribution in [1.82, 2.24) is 0 Å². The third-order valence-electron chi connectivity index (χ3n) is 2.36. The molecule has 0 unspecified atom stereocenters. The number of benzene rings is 1. The molecule has 1 aromatic rings. The summed E-state index contributed by atoms with van der Waals surface area (Å²) < 4.78 is 5.37. The largest absolute Gasteiger partial charge is 0.486 e. The first kappa shape index (κ1) is 12.8. The van der Waals surface area contributed by atoms with E-state index in [9.17, 15) is 4.79 Å². The number of Topliss-reactive ketones (excluding diaryl/α,β-unsaturated/α-hetero) is 1. The van der Waals surface area contributed by atoms with E-state index in [1.54, 1.807) is 0 Å². The summed E-state index contributed by atoms with van der Waals surface area (Å²) in [5, 5.41) is 0. The Morgan fingerprint density at radius 1 is 1.25 bits per heavy atom. The minimum atomic E-state index is 0.131. The van der Waals surface area contributed by atoms with E-state index in [2.05, 4.69) is 26.0 Å². The van der Waals surface area contributed by atoms with E-state index < -0.39 is 0 Å². The topological polar surface area (TPSA) is 26.3 Å². The highest BCUT2D eigenvalue weighted by Gasteiger charge is 2.01. The summed E-state index contributed by atoms with van der Waals surface area (Å²) in [7, 11) is 0. The SMILES string of the molecule is CCC(=O)COc1ccc(CC(C)C)cc1. The molecule has 0 aliphatic rings. The van der Waals surface area contributed by atoms with Gasteiger partial charge < -0.3 is 4.74 Å². The van der Waals surface area contributed by atoms with Crippen LogP contribution in [0.5, 0.6) is 5.75 Å². The molecule has 88 valence electrons. The number of ether oxygens (including phenoxy) is 1. The molecule has 0 aliphatic carbocycles. The Labute approximate surface area is 97.6 Å². The van der Waals surface area contributed by atoms with Crippen molar-refractivity contribution in [3.05, 3.63) is 29.8 Å². The molecule has 0 amide bonds. The summed E-state index contributed by atoms with van der Waals surface area (Å²) in [5.74, 6) is 1.56. The molecule has 0 saturated carbocycles. The lowest BCUT2D eigenvalue weighted by Crippen LogP contribution is -2.09. The third kappa shape index (κ3) is 4.47. The number of hydrogen-bond donors (Lipinski definition) is 0. The van der Waals surface area contributed by atoms with Crippen LogP contribution in [0.2, 0.25) is 0 Å². The Morgan fingerprint density at radius 3 is 2.38 bits per heavy atom. The Bertz CT molecular complexity index is 325. The Balaban J connectivity index is 2.48. The van der Waals surface area contributed by atoms with Gasteiger partial charge in [-0.25, -0.2) is 0 Å². The second-order valence-corrected chi connectivity index (χ2v) is 4.42. The van der Waals surface area contributed by atoms with Crippen LogP contribution in [0, 0.1) is 5.92 Å². The number of ketones is 1. The first-order chi connectivity index (χ1) is 7.61. The molecule has 16 heavy (non-hydrogen) atoms. The molecule has 0 spiro atoms. The number of carbonyl (C=O) groups excluding carboxylic acids is 1. The van der Waals surface area contributed by atoms with Gasteiger partial charge in [0.25, 0.3) is 0 Å². The molecule has 0 fully saturated rings.